The standard InChI is InChI=1S/C18H21N3O2S/c1-12-20-16(11-24-12)9-17(22)21-6-5-14(10-21)7-13-3-2-4-15(8-13)18(19)23/h2-4,8,11,14H,5-7,9-10H2,1H3,(H2,19,23)/t14-/m1/s1. The fraction of sp³-hybridized carbons (Fsp3) is 0.389. The molecule has 1 fully saturated rings. The number of hydrogen-bond acceptors (Lipinski definition) is 4. The van der Waals surface area contributed by atoms with E-state index in [0.717, 1.165) is 42.2 Å². The van der Waals surface area contributed by atoms with Crippen LogP contribution in [-0.2, 0) is 17.6 Å². The summed E-state index contributed by atoms with van der Waals surface area (Å²) in [6, 6.07) is 7.45. The lowest BCUT2D eigenvalue weighted by molar-refractivity contribution is -0.129. The van der Waals surface area contributed by atoms with Crippen LogP contribution < -0.4 is 5.73 Å². The molecule has 2 amide bonds. The quantitative estimate of drug-likeness (QED) is 0.904. The molecule has 0 saturated carbocycles. The number of nitrogens with two attached hydrogens (primary N) is 1. The molecule has 6 heteroatoms. The lowest BCUT2D eigenvalue weighted by Crippen LogP contribution is -2.30. The number of nitrogens with zero attached hydrogens (tertiary/aromatic N) is 2. The number of rotatable bonds is 5. The summed E-state index contributed by atoms with van der Waals surface area (Å²) in [7, 11) is 0. The maximum atomic E-state index is 12.4. The van der Waals surface area contributed by atoms with Crippen molar-refractivity contribution < 1.29 is 9.59 Å². The number of carbonyl (C=O) groups is 2. The number of amides is 2. The predicted molar refractivity (Wildman–Crippen MR) is 93.9 cm³/mol. The Balaban J connectivity index is 1.56. The first-order chi connectivity index (χ1) is 11.5. The van der Waals surface area contributed by atoms with Crippen molar-refractivity contribution in [2.45, 2.75) is 26.2 Å². The van der Waals surface area contributed by atoms with Gasteiger partial charge >= 0.3 is 0 Å². The summed E-state index contributed by atoms with van der Waals surface area (Å²) in [5.41, 5.74) is 7.83. The fourth-order valence-electron chi connectivity index (χ4n) is 3.17. The summed E-state index contributed by atoms with van der Waals surface area (Å²) >= 11 is 1.58. The molecule has 0 radical (unpaired) electrons. The van der Waals surface area contributed by atoms with Crippen LogP contribution in [0.1, 0.15) is 33.0 Å². The molecule has 1 atom stereocenters. The lowest BCUT2D eigenvalue weighted by Gasteiger charge is -2.16. The van der Waals surface area contributed by atoms with Crippen LogP contribution in [0.4, 0.5) is 0 Å². The number of primary amides is 1. The van der Waals surface area contributed by atoms with E-state index in [2.05, 4.69) is 4.98 Å². The van der Waals surface area contributed by atoms with Gasteiger partial charge in [0.25, 0.3) is 0 Å². The van der Waals surface area contributed by atoms with Gasteiger partial charge in [0.15, 0.2) is 0 Å². The maximum absolute atomic E-state index is 12.4. The molecule has 24 heavy (non-hydrogen) atoms. The highest BCUT2D eigenvalue weighted by molar-refractivity contribution is 7.09. The molecule has 126 valence electrons. The Bertz CT molecular complexity index is 756. The SMILES string of the molecule is Cc1nc(CC(=O)N2CC[C@H](Cc3cccc(C(N)=O)c3)C2)cs1. The minimum Gasteiger partial charge on any atom is -0.366 e. The molecule has 5 nitrogen and oxygen atoms in total. The van der Waals surface area contributed by atoms with Crippen molar-refractivity contribution in [3.63, 3.8) is 0 Å². The van der Waals surface area contributed by atoms with Crippen LogP contribution in [0.2, 0.25) is 0 Å². The van der Waals surface area contributed by atoms with Crippen LogP contribution in [0.25, 0.3) is 0 Å². The van der Waals surface area contributed by atoms with Crippen LogP contribution in [0.15, 0.2) is 29.6 Å². The van der Waals surface area contributed by atoms with Crippen molar-refractivity contribution in [3.05, 3.63) is 51.5 Å². The normalized spacial score (nSPS) is 17.2. The first kappa shape index (κ1) is 16.6. The third-order valence-electron chi connectivity index (χ3n) is 4.37. The topological polar surface area (TPSA) is 76.3 Å². The second-order valence-electron chi connectivity index (χ2n) is 6.30. The summed E-state index contributed by atoms with van der Waals surface area (Å²) in [6.07, 6.45) is 2.23. The van der Waals surface area contributed by atoms with Gasteiger partial charge in [0.1, 0.15) is 0 Å². The van der Waals surface area contributed by atoms with E-state index in [1.807, 2.05) is 35.4 Å². The van der Waals surface area contributed by atoms with Crippen molar-refractivity contribution in [2.75, 3.05) is 13.1 Å². The molecular formula is C18H21N3O2S. The summed E-state index contributed by atoms with van der Waals surface area (Å²) in [6.45, 7) is 3.51. The van der Waals surface area contributed by atoms with Gasteiger partial charge in [0.2, 0.25) is 11.8 Å². The predicted octanol–water partition coefficient (Wildman–Crippen LogP) is 2.18. The van der Waals surface area contributed by atoms with E-state index in [1.165, 1.54) is 0 Å². The molecule has 1 aliphatic heterocycles. The first-order valence-corrected chi connectivity index (χ1v) is 8.97. The molecule has 1 aromatic carbocycles. The Kier molecular flexibility index (Phi) is 4.94. The van der Waals surface area contributed by atoms with Gasteiger partial charge in [-0.1, -0.05) is 12.1 Å². The Morgan fingerprint density at radius 3 is 2.96 bits per heavy atom. The van der Waals surface area contributed by atoms with Crippen LogP contribution in [-0.4, -0.2) is 34.8 Å². The van der Waals surface area contributed by atoms with Gasteiger partial charge in [-0.05, 0) is 43.4 Å². The second kappa shape index (κ2) is 7.13. The van der Waals surface area contributed by atoms with Crippen molar-refractivity contribution >= 4 is 23.2 Å². The van der Waals surface area contributed by atoms with Gasteiger partial charge in [0.05, 0.1) is 17.1 Å². The Hall–Kier alpha value is -2.21. The van der Waals surface area contributed by atoms with Gasteiger partial charge < -0.3 is 10.6 Å². The van der Waals surface area contributed by atoms with Gasteiger partial charge in [-0.3, -0.25) is 9.59 Å². The van der Waals surface area contributed by atoms with Crippen LogP contribution in [0.3, 0.4) is 0 Å². The van der Waals surface area contributed by atoms with E-state index >= 15 is 0 Å². The van der Waals surface area contributed by atoms with Crippen LogP contribution >= 0.6 is 11.3 Å². The molecule has 0 aliphatic carbocycles. The molecule has 1 saturated heterocycles. The average Bonchev–Trinajstić information content (AvgIpc) is 3.17. The van der Waals surface area contributed by atoms with E-state index in [0.29, 0.717) is 17.9 Å². The zero-order valence-corrected chi connectivity index (χ0v) is 14.5. The number of thiazole rings is 1. The highest BCUT2D eigenvalue weighted by Gasteiger charge is 2.26. The van der Waals surface area contributed by atoms with Gasteiger partial charge in [0, 0.05) is 24.0 Å². The van der Waals surface area contributed by atoms with Crippen molar-refractivity contribution in [1.29, 1.82) is 0 Å². The van der Waals surface area contributed by atoms with E-state index in [9.17, 15) is 9.59 Å². The molecule has 1 aliphatic rings. The molecule has 2 N–H and O–H groups in total. The molecule has 1 aromatic heterocycles. The summed E-state index contributed by atoms with van der Waals surface area (Å²) in [5, 5.41) is 2.95. The number of aryl methyl sites for hydroxylation is 1. The molecule has 2 heterocycles. The molecule has 0 unspecified atom stereocenters. The zero-order valence-electron chi connectivity index (χ0n) is 13.7. The Morgan fingerprint density at radius 1 is 1.42 bits per heavy atom. The van der Waals surface area contributed by atoms with Gasteiger partial charge in [-0.2, -0.15) is 0 Å². The third-order valence-corrected chi connectivity index (χ3v) is 5.20. The number of aromatic nitrogens is 1. The highest BCUT2D eigenvalue weighted by Crippen LogP contribution is 2.22. The number of benzene rings is 1. The van der Waals surface area contributed by atoms with Crippen molar-refractivity contribution in [3.8, 4) is 0 Å². The smallest absolute Gasteiger partial charge is 0.248 e. The minimum atomic E-state index is -0.404. The van der Waals surface area contributed by atoms with E-state index in [-0.39, 0.29) is 5.91 Å². The van der Waals surface area contributed by atoms with Crippen molar-refractivity contribution in [1.82, 2.24) is 9.88 Å². The second-order valence-corrected chi connectivity index (χ2v) is 7.36. The molecule has 0 bridgehead atoms. The molecule has 0 spiro atoms. The Morgan fingerprint density at radius 2 is 2.25 bits per heavy atom. The van der Waals surface area contributed by atoms with Gasteiger partial charge in [-0.15, -0.1) is 11.3 Å². The fourth-order valence-corrected chi connectivity index (χ4v) is 3.78. The van der Waals surface area contributed by atoms with E-state index in [1.54, 1.807) is 17.4 Å². The minimum absolute atomic E-state index is 0.147. The van der Waals surface area contributed by atoms with Gasteiger partial charge in [-0.25, -0.2) is 4.98 Å². The average molecular weight is 343 g/mol. The zero-order chi connectivity index (χ0) is 17.1. The largest absolute Gasteiger partial charge is 0.366 e. The highest BCUT2D eigenvalue weighted by atomic mass is 32.1. The number of carbonyl (C=O) groups excluding carboxylic acids is 2. The van der Waals surface area contributed by atoms with Crippen molar-refractivity contribution in [2.24, 2.45) is 11.7 Å². The summed E-state index contributed by atoms with van der Waals surface area (Å²) in [4.78, 5) is 30.0. The monoisotopic (exact) mass is 343 g/mol. The van der Waals surface area contributed by atoms with Crippen LogP contribution in [0, 0.1) is 12.8 Å². The Labute approximate surface area is 145 Å². The van der Waals surface area contributed by atoms with E-state index in [4.69, 9.17) is 5.73 Å². The lowest BCUT2D eigenvalue weighted by atomic mass is 9.97. The summed E-state index contributed by atoms with van der Waals surface area (Å²) < 4.78 is 0. The first-order valence-electron chi connectivity index (χ1n) is 8.09. The van der Waals surface area contributed by atoms with E-state index < -0.39 is 5.91 Å². The third kappa shape index (κ3) is 4.00. The molecule has 2 aromatic rings. The maximum Gasteiger partial charge on any atom is 0.248 e. The number of likely N-dealkylation sites (tertiary alicyclic amines) is 1. The molecule has 3 rings (SSSR count). The summed E-state index contributed by atoms with van der Waals surface area (Å²) in [5.74, 6) is 0.168. The van der Waals surface area contributed by atoms with Crippen LogP contribution in [0.5, 0.6) is 0 Å². The molecular weight excluding hydrogens is 322 g/mol. The number of hydrogen-bond donors (Lipinski definition) is 1.